The first-order valence-corrected chi connectivity index (χ1v) is 9.70. The van der Waals surface area contributed by atoms with Gasteiger partial charge in [-0.25, -0.2) is 4.79 Å². The third kappa shape index (κ3) is 6.24. The summed E-state index contributed by atoms with van der Waals surface area (Å²) in [6, 6.07) is 3.05. The number of nitrogens with zero attached hydrogens (tertiary/aromatic N) is 1. The maximum Gasteiger partial charge on any atom is 0.342 e. The van der Waals surface area contributed by atoms with E-state index in [1.165, 1.54) is 18.5 Å². The molecule has 0 radical (unpaired) electrons. The minimum atomic E-state index is -1.37. The molecule has 0 N–H and O–H groups in total. The standard InChI is InChI=1S/C20H25NO9/c1-4-14(22)26-11-13-17(28-15(23)5-2)18(29-16(24)6-3)20(27-13)30-19(25)12-8-7-9-21-10-12/h7-10,13,17-18,20H,4-6,11H2,1-3H3/t13-,17-,18-,20-/m1/s1. The average Bonchev–Trinajstić information content (AvgIpc) is 3.07. The second-order valence-electron chi connectivity index (χ2n) is 6.34. The van der Waals surface area contributed by atoms with Crippen molar-refractivity contribution in [3.63, 3.8) is 0 Å². The Morgan fingerprint density at radius 2 is 1.57 bits per heavy atom. The van der Waals surface area contributed by atoms with Gasteiger partial charge >= 0.3 is 23.9 Å². The Morgan fingerprint density at radius 1 is 0.933 bits per heavy atom. The van der Waals surface area contributed by atoms with Crippen LogP contribution in [0.5, 0.6) is 0 Å². The van der Waals surface area contributed by atoms with Gasteiger partial charge in [0, 0.05) is 31.7 Å². The Morgan fingerprint density at radius 3 is 2.13 bits per heavy atom. The van der Waals surface area contributed by atoms with Crippen LogP contribution in [-0.2, 0) is 38.1 Å². The molecule has 1 aliphatic rings. The fraction of sp³-hybridized carbons (Fsp3) is 0.550. The highest BCUT2D eigenvalue weighted by molar-refractivity contribution is 5.89. The molecule has 0 bridgehead atoms. The number of carbonyl (C=O) groups excluding carboxylic acids is 4. The highest BCUT2D eigenvalue weighted by Crippen LogP contribution is 2.29. The van der Waals surface area contributed by atoms with E-state index in [1.807, 2.05) is 0 Å². The molecule has 0 aromatic carbocycles. The van der Waals surface area contributed by atoms with Gasteiger partial charge < -0.3 is 23.7 Å². The van der Waals surface area contributed by atoms with E-state index in [4.69, 9.17) is 23.7 Å². The zero-order valence-electron chi connectivity index (χ0n) is 17.1. The van der Waals surface area contributed by atoms with Gasteiger partial charge in [0.05, 0.1) is 5.56 Å². The second kappa shape index (κ2) is 11.2. The van der Waals surface area contributed by atoms with Gasteiger partial charge in [-0.3, -0.25) is 19.4 Å². The number of esters is 4. The summed E-state index contributed by atoms with van der Waals surface area (Å²) >= 11 is 0. The van der Waals surface area contributed by atoms with Gasteiger partial charge in [0.2, 0.25) is 12.4 Å². The Balaban J connectivity index is 2.24. The Hall–Kier alpha value is -3.01. The van der Waals surface area contributed by atoms with E-state index in [2.05, 4.69) is 4.98 Å². The average molecular weight is 423 g/mol. The molecule has 164 valence electrons. The van der Waals surface area contributed by atoms with Crippen LogP contribution in [0.2, 0.25) is 0 Å². The van der Waals surface area contributed by atoms with E-state index in [-0.39, 0.29) is 31.4 Å². The predicted octanol–water partition coefficient (Wildman–Crippen LogP) is 1.56. The van der Waals surface area contributed by atoms with Crippen molar-refractivity contribution in [1.82, 2.24) is 4.98 Å². The number of carbonyl (C=O) groups is 4. The van der Waals surface area contributed by atoms with E-state index in [9.17, 15) is 19.2 Å². The fourth-order valence-corrected chi connectivity index (χ4v) is 2.59. The summed E-state index contributed by atoms with van der Waals surface area (Å²) in [5, 5.41) is 0. The van der Waals surface area contributed by atoms with Crippen LogP contribution in [0.1, 0.15) is 50.4 Å². The summed E-state index contributed by atoms with van der Waals surface area (Å²) in [5.41, 5.74) is 0.157. The van der Waals surface area contributed by atoms with Gasteiger partial charge in [-0.1, -0.05) is 20.8 Å². The largest absolute Gasteiger partial charge is 0.463 e. The van der Waals surface area contributed by atoms with Crippen LogP contribution in [0.4, 0.5) is 0 Å². The molecule has 1 aliphatic heterocycles. The van der Waals surface area contributed by atoms with Crippen molar-refractivity contribution in [3.05, 3.63) is 30.1 Å². The summed E-state index contributed by atoms with van der Waals surface area (Å²) in [6.07, 6.45) is -1.66. The molecule has 0 amide bonds. The lowest BCUT2D eigenvalue weighted by Gasteiger charge is -2.23. The van der Waals surface area contributed by atoms with Crippen LogP contribution in [0.25, 0.3) is 0 Å². The molecule has 0 unspecified atom stereocenters. The zero-order valence-corrected chi connectivity index (χ0v) is 17.1. The summed E-state index contributed by atoms with van der Waals surface area (Å²) < 4.78 is 26.9. The molecule has 1 saturated heterocycles. The van der Waals surface area contributed by atoms with E-state index in [1.54, 1.807) is 26.8 Å². The minimum Gasteiger partial charge on any atom is -0.463 e. The van der Waals surface area contributed by atoms with Gasteiger partial charge in [0.1, 0.15) is 12.7 Å². The van der Waals surface area contributed by atoms with Gasteiger partial charge in [-0.05, 0) is 12.1 Å². The van der Waals surface area contributed by atoms with Crippen molar-refractivity contribution >= 4 is 23.9 Å². The Bertz CT molecular complexity index is 752. The topological polar surface area (TPSA) is 127 Å². The van der Waals surface area contributed by atoms with Crippen LogP contribution < -0.4 is 0 Å². The van der Waals surface area contributed by atoms with Crippen molar-refractivity contribution in [2.45, 2.75) is 64.6 Å². The maximum atomic E-state index is 12.4. The first kappa shape index (κ1) is 23.3. The van der Waals surface area contributed by atoms with Gasteiger partial charge in [0.15, 0.2) is 6.10 Å². The highest BCUT2D eigenvalue weighted by Gasteiger charge is 2.52. The van der Waals surface area contributed by atoms with Crippen LogP contribution in [0, 0.1) is 0 Å². The molecular weight excluding hydrogens is 398 g/mol. The molecule has 2 rings (SSSR count). The van der Waals surface area contributed by atoms with Crippen LogP contribution in [0.15, 0.2) is 24.5 Å². The highest BCUT2D eigenvalue weighted by atomic mass is 16.8. The third-order valence-electron chi connectivity index (χ3n) is 4.20. The van der Waals surface area contributed by atoms with Gasteiger partial charge in [0.25, 0.3) is 0 Å². The van der Waals surface area contributed by atoms with Crippen molar-refractivity contribution in [2.24, 2.45) is 0 Å². The number of pyridine rings is 1. The normalized spacial score (nSPS) is 22.8. The minimum absolute atomic E-state index is 0.0453. The number of ether oxygens (including phenoxy) is 5. The molecule has 30 heavy (non-hydrogen) atoms. The number of rotatable bonds is 9. The molecule has 2 heterocycles. The Labute approximate surface area is 173 Å². The number of hydrogen-bond donors (Lipinski definition) is 0. The van der Waals surface area contributed by atoms with E-state index >= 15 is 0 Å². The molecule has 0 spiro atoms. The maximum absolute atomic E-state index is 12.4. The third-order valence-corrected chi connectivity index (χ3v) is 4.20. The summed E-state index contributed by atoms with van der Waals surface area (Å²) in [6.45, 7) is 4.53. The number of hydrogen-bond acceptors (Lipinski definition) is 10. The summed E-state index contributed by atoms with van der Waals surface area (Å²) in [5.74, 6) is -2.43. The molecule has 4 atom stereocenters. The smallest absolute Gasteiger partial charge is 0.342 e. The van der Waals surface area contributed by atoms with Crippen LogP contribution in [0.3, 0.4) is 0 Å². The fourth-order valence-electron chi connectivity index (χ4n) is 2.59. The quantitative estimate of drug-likeness (QED) is 0.426. The summed E-state index contributed by atoms with van der Waals surface area (Å²) in [7, 11) is 0. The molecule has 0 aliphatic carbocycles. The van der Waals surface area contributed by atoms with Crippen LogP contribution >= 0.6 is 0 Å². The van der Waals surface area contributed by atoms with Crippen molar-refractivity contribution in [1.29, 1.82) is 0 Å². The second-order valence-corrected chi connectivity index (χ2v) is 6.34. The lowest BCUT2D eigenvalue weighted by atomic mass is 10.1. The first-order valence-electron chi connectivity index (χ1n) is 9.70. The number of aromatic nitrogens is 1. The van der Waals surface area contributed by atoms with Crippen molar-refractivity contribution in [2.75, 3.05) is 6.61 Å². The summed E-state index contributed by atoms with van der Waals surface area (Å²) in [4.78, 5) is 51.7. The van der Waals surface area contributed by atoms with Gasteiger partial charge in [-0.2, -0.15) is 0 Å². The Kier molecular flexibility index (Phi) is 8.72. The molecule has 1 fully saturated rings. The van der Waals surface area contributed by atoms with Crippen molar-refractivity contribution in [3.8, 4) is 0 Å². The molecular formula is C20H25NO9. The van der Waals surface area contributed by atoms with E-state index in [0.29, 0.717) is 0 Å². The monoisotopic (exact) mass is 423 g/mol. The molecule has 1 aromatic heterocycles. The molecule has 10 heteroatoms. The van der Waals surface area contributed by atoms with E-state index in [0.717, 1.165) is 0 Å². The predicted molar refractivity (Wildman–Crippen MR) is 99.9 cm³/mol. The molecule has 1 aromatic rings. The molecule has 0 saturated carbocycles. The SMILES string of the molecule is CCC(=O)OC[C@H]1O[C@H](OC(=O)c2cccnc2)[C@H](OC(=O)CC)[C@@H]1OC(=O)CC. The van der Waals surface area contributed by atoms with Gasteiger partial charge in [-0.15, -0.1) is 0 Å². The van der Waals surface area contributed by atoms with Crippen molar-refractivity contribution < 1.29 is 42.9 Å². The lowest BCUT2D eigenvalue weighted by Crippen LogP contribution is -2.42. The van der Waals surface area contributed by atoms with Crippen LogP contribution in [-0.4, -0.2) is 60.1 Å². The van der Waals surface area contributed by atoms with E-state index < -0.39 is 48.5 Å². The molecule has 10 nitrogen and oxygen atoms in total. The zero-order chi connectivity index (χ0) is 22.1. The first-order chi connectivity index (χ1) is 14.4. The lowest BCUT2D eigenvalue weighted by molar-refractivity contribution is -0.177.